The highest BCUT2D eigenvalue weighted by molar-refractivity contribution is 5.95. The summed E-state index contributed by atoms with van der Waals surface area (Å²) < 4.78 is 0. The van der Waals surface area contributed by atoms with Gasteiger partial charge in [0, 0.05) is 35.1 Å². The first-order chi connectivity index (χ1) is 30.0. The molecular formula is C58H57N3. The Morgan fingerprint density at radius 2 is 1.49 bits per heavy atom. The van der Waals surface area contributed by atoms with Gasteiger partial charge in [-0.15, -0.1) is 0 Å². The Morgan fingerprint density at radius 1 is 0.787 bits per heavy atom. The maximum atomic E-state index is 5.40. The van der Waals surface area contributed by atoms with Gasteiger partial charge in [-0.05, 0) is 103 Å². The first-order valence-electron chi connectivity index (χ1n) is 22.1. The summed E-state index contributed by atoms with van der Waals surface area (Å²) in [7, 11) is 0. The fourth-order valence-electron chi connectivity index (χ4n) is 9.39. The van der Waals surface area contributed by atoms with E-state index in [1.54, 1.807) is 0 Å². The first kappa shape index (κ1) is 41.2. The third-order valence-electron chi connectivity index (χ3n) is 12.5. The van der Waals surface area contributed by atoms with Crippen LogP contribution >= 0.6 is 0 Å². The summed E-state index contributed by atoms with van der Waals surface area (Å²) >= 11 is 0. The molecule has 1 aromatic heterocycles. The Labute approximate surface area is 364 Å². The van der Waals surface area contributed by atoms with E-state index >= 15 is 0 Å². The van der Waals surface area contributed by atoms with Crippen molar-refractivity contribution in [1.82, 2.24) is 9.97 Å². The molecule has 3 unspecified atom stereocenters. The zero-order chi connectivity index (χ0) is 42.1. The Bertz CT molecular complexity index is 2580. The molecule has 0 N–H and O–H groups in total. The number of hydrogen-bond donors (Lipinski definition) is 0. The Kier molecular flexibility index (Phi) is 13.0. The van der Waals surface area contributed by atoms with E-state index in [2.05, 4.69) is 196 Å². The standard InChI is InChI=1S/C58H57N3/c1-6-25-42(8-3)51-38-49(55-40-54(46-32-21-13-22-33-46)59-58(60-55)47-34-23-14-24-35-47)39-53(45-30-19-12-20-31-45)57(51)61(9-4)56-50(41(5)7-2)36-48(43-26-15-10-16-27-43)37-52(56)44-28-17-11-18-29-44/h6-7,10-12,14-20,23-30,32,34-40,45,51,57H,1-2,5,8-9,13,21-22,31,33H2,3-4H3/b42-25+. The number of allylic oxidation sites excluding steroid dienone is 12. The largest absolute Gasteiger partial charge is 0.363 e. The van der Waals surface area contributed by atoms with Crippen molar-refractivity contribution in [2.75, 3.05) is 11.4 Å². The minimum absolute atomic E-state index is 0.00649. The lowest BCUT2D eigenvalue weighted by molar-refractivity contribution is 0.515. The number of hydrogen-bond acceptors (Lipinski definition) is 3. The lowest BCUT2D eigenvalue weighted by Gasteiger charge is -2.45. The third-order valence-corrected chi connectivity index (χ3v) is 12.5. The molecule has 304 valence electrons. The van der Waals surface area contributed by atoms with E-state index in [9.17, 15) is 0 Å². The molecule has 0 aliphatic heterocycles. The maximum Gasteiger partial charge on any atom is 0.160 e. The molecule has 1 heterocycles. The average Bonchev–Trinajstić information content (AvgIpc) is 3.34. The van der Waals surface area contributed by atoms with Gasteiger partial charge in [0.2, 0.25) is 0 Å². The van der Waals surface area contributed by atoms with Gasteiger partial charge < -0.3 is 4.90 Å². The van der Waals surface area contributed by atoms with Gasteiger partial charge in [0.15, 0.2) is 5.82 Å². The number of likely N-dealkylation sites (N-methyl/N-ethyl adjacent to an activating group) is 1. The number of aromatic nitrogens is 2. The summed E-state index contributed by atoms with van der Waals surface area (Å²) in [5.41, 5.74) is 16.0. The first-order valence-corrected chi connectivity index (χ1v) is 22.1. The average molecular weight is 796 g/mol. The Balaban J connectivity index is 1.39. The van der Waals surface area contributed by atoms with E-state index in [0.717, 1.165) is 82.8 Å². The molecule has 8 rings (SSSR count). The van der Waals surface area contributed by atoms with Gasteiger partial charge >= 0.3 is 0 Å². The van der Waals surface area contributed by atoms with Crippen LogP contribution in [-0.4, -0.2) is 22.6 Å². The molecule has 3 nitrogen and oxygen atoms in total. The zero-order valence-electron chi connectivity index (χ0n) is 35.8. The molecule has 0 amide bonds. The van der Waals surface area contributed by atoms with E-state index < -0.39 is 0 Å². The van der Waals surface area contributed by atoms with Crippen molar-refractivity contribution >= 4 is 22.4 Å². The monoisotopic (exact) mass is 795 g/mol. The SMILES string of the molecule is C=C/C=C(\CC)C1C=C(c2cc(C3=CCCCC3)nc(-c3ccccc3)n2)C=C(C2C=CC=CC2)C1N(CC)c1c(C(=C)C=C)cc(-c2ccccc2)cc1-c1ccccc1. The van der Waals surface area contributed by atoms with E-state index in [4.69, 9.17) is 9.97 Å². The minimum Gasteiger partial charge on any atom is -0.363 e. The van der Waals surface area contributed by atoms with E-state index in [0.29, 0.717) is 0 Å². The number of nitrogens with zero attached hydrogens (tertiary/aromatic N) is 3. The van der Waals surface area contributed by atoms with Crippen molar-refractivity contribution in [3.8, 4) is 33.6 Å². The van der Waals surface area contributed by atoms with Gasteiger partial charge in [-0.25, -0.2) is 9.97 Å². The van der Waals surface area contributed by atoms with Crippen molar-refractivity contribution < 1.29 is 0 Å². The lowest BCUT2D eigenvalue weighted by atomic mass is 9.72. The fraction of sp³-hybridized carbons (Fsp3) is 0.207. The van der Waals surface area contributed by atoms with Gasteiger partial charge in [-0.3, -0.25) is 0 Å². The highest BCUT2D eigenvalue weighted by Gasteiger charge is 2.39. The topological polar surface area (TPSA) is 29.0 Å². The van der Waals surface area contributed by atoms with E-state index in [1.807, 2.05) is 12.2 Å². The molecule has 0 radical (unpaired) electrons. The predicted octanol–water partition coefficient (Wildman–Crippen LogP) is 15.1. The van der Waals surface area contributed by atoms with Gasteiger partial charge in [0.1, 0.15) is 0 Å². The molecule has 61 heavy (non-hydrogen) atoms. The van der Waals surface area contributed by atoms with Crippen LogP contribution in [0.4, 0.5) is 5.69 Å². The van der Waals surface area contributed by atoms with Gasteiger partial charge in [-0.2, -0.15) is 0 Å². The van der Waals surface area contributed by atoms with Crippen molar-refractivity contribution in [3.05, 3.63) is 218 Å². The molecule has 3 aliphatic carbocycles. The van der Waals surface area contributed by atoms with Crippen LogP contribution in [0.5, 0.6) is 0 Å². The van der Waals surface area contributed by atoms with Crippen LogP contribution in [0.1, 0.15) is 69.3 Å². The van der Waals surface area contributed by atoms with Crippen molar-refractivity contribution in [1.29, 1.82) is 0 Å². The molecule has 0 spiro atoms. The fourth-order valence-corrected chi connectivity index (χ4v) is 9.39. The molecular weight excluding hydrogens is 739 g/mol. The molecule has 0 bridgehead atoms. The normalized spacial score (nSPS) is 18.8. The van der Waals surface area contributed by atoms with Crippen molar-refractivity contribution in [3.63, 3.8) is 0 Å². The van der Waals surface area contributed by atoms with Crippen LogP contribution in [0.25, 0.3) is 50.4 Å². The summed E-state index contributed by atoms with van der Waals surface area (Å²) in [5, 5.41) is 0. The van der Waals surface area contributed by atoms with Crippen LogP contribution in [-0.2, 0) is 0 Å². The Hall–Kier alpha value is -6.58. The number of rotatable bonds is 14. The lowest BCUT2D eigenvalue weighted by Crippen LogP contribution is -2.46. The van der Waals surface area contributed by atoms with Crippen LogP contribution in [0, 0.1) is 11.8 Å². The Morgan fingerprint density at radius 3 is 2.11 bits per heavy atom. The van der Waals surface area contributed by atoms with Crippen LogP contribution in [0.15, 0.2) is 201 Å². The quantitative estimate of drug-likeness (QED) is 0.105. The summed E-state index contributed by atoms with van der Waals surface area (Å²) in [6.07, 6.45) is 28.9. The zero-order valence-corrected chi connectivity index (χ0v) is 35.8. The smallest absolute Gasteiger partial charge is 0.160 e. The third kappa shape index (κ3) is 8.84. The second kappa shape index (κ2) is 19.2. The molecule has 5 aromatic rings. The summed E-state index contributed by atoms with van der Waals surface area (Å²) in [4.78, 5) is 13.3. The van der Waals surface area contributed by atoms with Crippen LogP contribution in [0.2, 0.25) is 0 Å². The molecule has 3 heteroatoms. The number of benzene rings is 4. The summed E-state index contributed by atoms with van der Waals surface area (Å²) in [6, 6.07) is 38.9. The molecule has 0 saturated heterocycles. The maximum absolute atomic E-state index is 5.40. The summed E-state index contributed by atoms with van der Waals surface area (Å²) in [6.45, 7) is 18.5. The van der Waals surface area contributed by atoms with Gasteiger partial charge in [-0.1, -0.05) is 184 Å². The molecule has 0 fully saturated rings. The molecule has 0 saturated carbocycles. The second-order valence-corrected chi connectivity index (χ2v) is 16.2. The molecule has 3 aliphatic rings. The van der Waals surface area contributed by atoms with Crippen LogP contribution < -0.4 is 4.90 Å². The van der Waals surface area contributed by atoms with E-state index in [1.165, 1.54) is 46.4 Å². The van der Waals surface area contributed by atoms with Gasteiger partial charge in [0.05, 0.1) is 23.1 Å². The number of anilines is 1. The molecule has 3 atom stereocenters. The van der Waals surface area contributed by atoms with Crippen molar-refractivity contribution in [2.45, 2.75) is 58.4 Å². The highest BCUT2D eigenvalue weighted by atomic mass is 15.2. The highest BCUT2D eigenvalue weighted by Crippen LogP contribution is 2.48. The van der Waals surface area contributed by atoms with Crippen molar-refractivity contribution in [2.24, 2.45) is 11.8 Å². The summed E-state index contributed by atoms with van der Waals surface area (Å²) in [5.74, 6) is 0.954. The van der Waals surface area contributed by atoms with Gasteiger partial charge in [0.25, 0.3) is 0 Å². The second-order valence-electron chi connectivity index (χ2n) is 16.2. The van der Waals surface area contributed by atoms with E-state index in [-0.39, 0.29) is 17.9 Å². The minimum atomic E-state index is -0.0293. The van der Waals surface area contributed by atoms with Crippen LogP contribution in [0.3, 0.4) is 0 Å². The predicted molar refractivity (Wildman–Crippen MR) is 262 cm³/mol. The molecule has 4 aromatic carbocycles.